The summed E-state index contributed by atoms with van der Waals surface area (Å²) in [6.45, 7) is 0. The van der Waals surface area contributed by atoms with Gasteiger partial charge in [0.05, 0.1) is 10.4 Å². The van der Waals surface area contributed by atoms with Crippen molar-refractivity contribution >= 4 is 33.0 Å². The van der Waals surface area contributed by atoms with Gasteiger partial charge in [-0.2, -0.15) is 5.26 Å². The lowest BCUT2D eigenvalue weighted by Crippen LogP contribution is -2.10. The third-order valence-corrected chi connectivity index (χ3v) is 4.11. The first-order valence-electron chi connectivity index (χ1n) is 6.17. The van der Waals surface area contributed by atoms with Crippen molar-refractivity contribution in [2.24, 2.45) is 0 Å². The molecular weight excluding hydrogens is 287 g/mol. The van der Waals surface area contributed by atoms with E-state index in [9.17, 15) is 9.18 Å². The second-order valence-corrected chi connectivity index (χ2v) is 5.49. The Morgan fingerprint density at radius 2 is 2.00 bits per heavy atom. The van der Waals surface area contributed by atoms with E-state index in [1.807, 2.05) is 30.3 Å². The highest BCUT2D eigenvalue weighted by Gasteiger charge is 2.11. The molecule has 1 N–H and O–H groups in total. The molecule has 0 aliphatic rings. The van der Waals surface area contributed by atoms with E-state index in [1.165, 1.54) is 29.5 Å². The molecule has 0 spiro atoms. The maximum atomic E-state index is 13.2. The average Bonchev–Trinajstić information content (AvgIpc) is 2.93. The molecule has 0 saturated carbocycles. The minimum Gasteiger partial charge on any atom is -0.321 e. The first kappa shape index (κ1) is 13.3. The van der Waals surface area contributed by atoms with Crippen LogP contribution in [-0.4, -0.2) is 5.91 Å². The number of nitriles is 1. The van der Waals surface area contributed by atoms with E-state index in [-0.39, 0.29) is 11.5 Å². The van der Waals surface area contributed by atoms with Gasteiger partial charge in [-0.15, -0.1) is 11.3 Å². The van der Waals surface area contributed by atoms with Gasteiger partial charge in [-0.1, -0.05) is 18.2 Å². The standard InChI is InChI=1S/C16H9FN2OS/c17-13-6-5-12(7-11(13)9-18)19-16(20)15-8-10-3-1-2-4-14(10)21-15/h1-8H,(H,19,20). The second kappa shape index (κ2) is 5.35. The summed E-state index contributed by atoms with van der Waals surface area (Å²) in [7, 11) is 0. The number of benzene rings is 2. The molecule has 0 unspecified atom stereocenters. The maximum absolute atomic E-state index is 13.2. The summed E-state index contributed by atoms with van der Waals surface area (Å²) >= 11 is 1.39. The van der Waals surface area contributed by atoms with Crippen LogP contribution in [0.3, 0.4) is 0 Å². The Morgan fingerprint density at radius 3 is 2.76 bits per heavy atom. The molecule has 1 aromatic heterocycles. The van der Waals surface area contributed by atoms with Crippen LogP contribution in [-0.2, 0) is 0 Å². The average molecular weight is 296 g/mol. The summed E-state index contributed by atoms with van der Waals surface area (Å²) in [5, 5.41) is 12.5. The molecule has 0 radical (unpaired) electrons. The van der Waals surface area contributed by atoms with Crippen molar-refractivity contribution in [2.45, 2.75) is 0 Å². The number of nitrogens with zero attached hydrogens (tertiary/aromatic N) is 1. The Labute approximate surface area is 124 Å². The molecule has 0 bridgehead atoms. The van der Waals surface area contributed by atoms with E-state index >= 15 is 0 Å². The Morgan fingerprint density at radius 1 is 1.19 bits per heavy atom. The van der Waals surface area contributed by atoms with E-state index in [0.717, 1.165) is 10.1 Å². The monoisotopic (exact) mass is 296 g/mol. The molecule has 0 aliphatic carbocycles. The Bertz CT molecular complexity index is 846. The minimum absolute atomic E-state index is 0.0934. The molecule has 1 heterocycles. The van der Waals surface area contributed by atoms with Crippen LogP contribution < -0.4 is 5.32 Å². The van der Waals surface area contributed by atoms with Gasteiger partial charge in [-0.05, 0) is 35.7 Å². The fourth-order valence-corrected chi connectivity index (χ4v) is 2.93. The Balaban J connectivity index is 1.88. The number of hydrogen-bond donors (Lipinski definition) is 1. The molecule has 5 heteroatoms. The van der Waals surface area contributed by atoms with Crippen LogP contribution >= 0.6 is 11.3 Å². The van der Waals surface area contributed by atoms with Gasteiger partial charge in [-0.25, -0.2) is 4.39 Å². The molecule has 102 valence electrons. The van der Waals surface area contributed by atoms with Gasteiger partial charge < -0.3 is 5.32 Å². The van der Waals surface area contributed by atoms with Crippen LogP contribution in [0.5, 0.6) is 0 Å². The Kier molecular flexibility index (Phi) is 3.38. The predicted octanol–water partition coefficient (Wildman–Crippen LogP) is 4.16. The second-order valence-electron chi connectivity index (χ2n) is 4.41. The van der Waals surface area contributed by atoms with Crippen LogP contribution in [0.25, 0.3) is 10.1 Å². The third kappa shape index (κ3) is 2.62. The van der Waals surface area contributed by atoms with Gasteiger partial charge in [0.2, 0.25) is 0 Å². The van der Waals surface area contributed by atoms with Gasteiger partial charge in [0.25, 0.3) is 5.91 Å². The zero-order valence-corrected chi connectivity index (χ0v) is 11.6. The van der Waals surface area contributed by atoms with Crippen LogP contribution in [0, 0.1) is 17.1 Å². The molecule has 1 amide bonds. The number of thiophene rings is 1. The van der Waals surface area contributed by atoms with Gasteiger partial charge in [-0.3, -0.25) is 4.79 Å². The quantitative estimate of drug-likeness (QED) is 0.771. The zero-order chi connectivity index (χ0) is 14.8. The summed E-state index contributed by atoms with van der Waals surface area (Å²) in [5.41, 5.74) is 0.305. The van der Waals surface area contributed by atoms with Gasteiger partial charge in [0.15, 0.2) is 0 Å². The van der Waals surface area contributed by atoms with Crippen molar-refractivity contribution in [1.82, 2.24) is 0 Å². The van der Waals surface area contributed by atoms with Crippen molar-refractivity contribution in [2.75, 3.05) is 5.32 Å². The number of carbonyl (C=O) groups is 1. The zero-order valence-electron chi connectivity index (χ0n) is 10.8. The largest absolute Gasteiger partial charge is 0.321 e. The van der Waals surface area contributed by atoms with Crippen molar-refractivity contribution in [1.29, 1.82) is 5.26 Å². The highest BCUT2D eigenvalue weighted by atomic mass is 32.1. The molecular formula is C16H9FN2OS. The summed E-state index contributed by atoms with van der Waals surface area (Å²) in [5.74, 6) is -0.871. The van der Waals surface area contributed by atoms with Crippen LogP contribution in [0.1, 0.15) is 15.2 Å². The van der Waals surface area contributed by atoms with E-state index in [4.69, 9.17) is 5.26 Å². The summed E-state index contributed by atoms with van der Waals surface area (Å²) in [4.78, 5) is 12.8. The van der Waals surface area contributed by atoms with Crippen molar-refractivity contribution in [3.05, 3.63) is 64.8 Å². The number of rotatable bonds is 2. The number of anilines is 1. The summed E-state index contributed by atoms with van der Waals surface area (Å²) < 4.78 is 14.3. The first-order valence-corrected chi connectivity index (χ1v) is 6.98. The maximum Gasteiger partial charge on any atom is 0.265 e. The predicted molar refractivity (Wildman–Crippen MR) is 80.9 cm³/mol. The summed E-state index contributed by atoms with van der Waals surface area (Å²) in [6.07, 6.45) is 0. The molecule has 3 nitrogen and oxygen atoms in total. The van der Waals surface area contributed by atoms with E-state index in [1.54, 1.807) is 6.07 Å². The molecule has 0 aliphatic heterocycles. The molecule has 0 saturated heterocycles. The lowest BCUT2D eigenvalue weighted by Gasteiger charge is -2.04. The van der Waals surface area contributed by atoms with E-state index < -0.39 is 5.82 Å². The number of amides is 1. The van der Waals surface area contributed by atoms with Crippen molar-refractivity contribution < 1.29 is 9.18 Å². The van der Waals surface area contributed by atoms with Gasteiger partial charge >= 0.3 is 0 Å². The van der Waals surface area contributed by atoms with Crippen LogP contribution in [0.4, 0.5) is 10.1 Å². The number of fused-ring (bicyclic) bond motifs is 1. The minimum atomic E-state index is -0.600. The van der Waals surface area contributed by atoms with Crippen molar-refractivity contribution in [3.8, 4) is 6.07 Å². The smallest absolute Gasteiger partial charge is 0.265 e. The molecule has 21 heavy (non-hydrogen) atoms. The first-order chi connectivity index (χ1) is 10.2. The fraction of sp³-hybridized carbons (Fsp3) is 0. The highest BCUT2D eigenvalue weighted by molar-refractivity contribution is 7.20. The molecule has 0 fully saturated rings. The van der Waals surface area contributed by atoms with Crippen molar-refractivity contribution in [3.63, 3.8) is 0 Å². The number of nitrogens with one attached hydrogen (secondary N) is 1. The topological polar surface area (TPSA) is 52.9 Å². The van der Waals surface area contributed by atoms with E-state index in [2.05, 4.69) is 5.32 Å². The number of carbonyl (C=O) groups excluding carboxylic acids is 1. The lowest BCUT2D eigenvalue weighted by atomic mass is 10.2. The third-order valence-electron chi connectivity index (χ3n) is 2.99. The molecule has 3 aromatic rings. The highest BCUT2D eigenvalue weighted by Crippen LogP contribution is 2.26. The van der Waals surface area contributed by atoms with Crippen LogP contribution in [0.2, 0.25) is 0 Å². The number of halogens is 1. The molecule has 2 aromatic carbocycles. The Hall–Kier alpha value is -2.71. The van der Waals surface area contributed by atoms with E-state index in [0.29, 0.717) is 10.6 Å². The van der Waals surface area contributed by atoms with Gasteiger partial charge in [0.1, 0.15) is 11.9 Å². The summed E-state index contributed by atoms with van der Waals surface area (Å²) in [6, 6.07) is 15.2. The normalized spacial score (nSPS) is 10.3. The SMILES string of the molecule is N#Cc1cc(NC(=O)c2cc3ccccc3s2)ccc1F. The van der Waals surface area contributed by atoms with Gasteiger partial charge in [0, 0.05) is 10.4 Å². The fourth-order valence-electron chi connectivity index (χ4n) is 1.98. The molecule has 3 rings (SSSR count). The number of hydrogen-bond acceptors (Lipinski definition) is 3. The lowest BCUT2D eigenvalue weighted by molar-refractivity contribution is 0.103. The molecule has 0 atom stereocenters. The van der Waals surface area contributed by atoms with Crippen LogP contribution in [0.15, 0.2) is 48.5 Å².